The van der Waals surface area contributed by atoms with Gasteiger partial charge >= 0.3 is 0 Å². The maximum Gasteiger partial charge on any atom is 0.149 e. The molecule has 0 bridgehead atoms. The van der Waals surface area contributed by atoms with E-state index in [1.54, 1.807) is 0 Å². The maximum absolute atomic E-state index is 12.7. The normalized spacial score (nSPS) is 12.5. The molecule has 0 fully saturated rings. The van der Waals surface area contributed by atoms with Crippen molar-refractivity contribution in [1.29, 1.82) is 0 Å². The van der Waals surface area contributed by atoms with Crippen LogP contribution in [0.4, 0.5) is 0 Å². The van der Waals surface area contributed by atoms with E-state index in [9.17, 15) is 5.11 Å². The lowest BCUT2D eigenvalue weighted by Gasteiger charge is -2.28. The average Bonchev–Trinajstić information content (AvgIpc) is 3.90. The fourth-order valence-corrected chi connectivity index (χ4v) is 9.91. The SMILES string of the molecule is CC(C)(C)c1ccc(-n2c(-c3cc(C(C)(C)C)cc(C(C)(C)C)c3O)nc3c(-c4cc(-c5cc(-c6ccccc6)ccn5)cc5c4oc4cc6ccccc6cc45)cccc32)c(-c2ccccc2)c1. The molecule has 11 aromatic rings. The zero-order chi connectivity index (χ0) is 48.0. The molecule has 0 saturated carbocycles. The third kappa shape index (κ3) is 7.76. The van der Waals surface area contributed by atoms with Gasteiger partial charge in [0.1, 0.15) is 22.7 Å². The van der Waals surface area contributed by atoms with Gasteiger partial charge in [-0.15, -0.1) is 0 Å². The molecule has 0 spiro atoms. The molecule has 69 heavy (non-hydrogen) atoms. The number of rotatable bonds is 6. The van der Waals surface area contributed by atoms with E-state index in [1.807, 2.05) is 12.3 Å². The van der Waals surface area contributed by atoms with Gasteiger partial charge in [0.05, 0.1) is 28.0 Å². The topological polar surface area (TPSA) is 64.1 Å². The minimum absolute atomic E-state index is 0.0969. The number of imidazole rings is 1. The Labute approximate surface area is 404 Å². The molecular formula is C64H57N3O2. The van der Waals surface area contributed by atoms with Gasteiger partial charge in [-0.2, -0.15) is 0 Å². The molecule has 5 nitrogen and oxygen atoms in total. The Morgan fingerprint density at radius 3 is 1.84 bits per heavy atom. The summed E-state index contributed by atoms with van der Waals surface area (Å²) >= 11 is 0. The Hall–Kier alpha value is -7.76. The van der Waals surface area contributed by atoms with Crippen LogP contribution in [0.3, 0.4) is 0 Å². The number of nitrogens with zero attached hydrogens (tertiary/aromatic N) is 3. The van der Waals surface area contributed by atoms with E-state index in [4.69, 9.17) is 14.4 Å². The summed E-state index contributed by atoms with van der Waals surface area (Å²) in [5, 5.41) is 17.0. The number of pyridine rings is 1. The number of phenolic OH excluding ortho intramolecular Hbond substituents is 1. The standard InChI is InChI=1S/C64H57N3O2/c1-62(2,3)45-27-28-55(48(36-45)40-21-14-11-15-22-40)67-56-26-18-25-47(58(56)66-61(67)52-37-46(63(4,5)6)38-53(59(52)68)64(7,8)9)50-32-44(54-34-43(29-30-65-54)39-19-12-10-13-20-39)33-51-49-31-41-23-16-17-24-42(41)35-57(49)69-60(50)51/h10-38,68H,1-9H3. The summed E-state index contributed by atoms with van der Waals surface area (Å²) in [6, 6.07) is 60.2. The van der Waals surface area contributed by atoms with Crippen LogP contribution in [-0.2, 0) is 16.2 Å². The second-order valence-electron chi connectivity index (χ2n) is 21.7. The molecule has 3 heterocycles. The number of fused-ring (bicyclic) bond motifs is 5. The number of para-hydroxylation sites is 1. The molecule has 0 aliphatic heterocycles. The highest BCUT2D eigenvalue weighted by Crippen LogP contribution is 2.48. The number of furan rings is 1. The third-order valence-electron chi connectivity index (χ3n) is 13.8. The highest BCUT2D eigenvalue weighted by atomic mass is 16.3. The quantitative estimate of drug-likeness (QED) is 0.181. The molecule has 5 heteroatoms. The highest BCUT2D eigenvalue weighted by Gasteiger charge is 2.30. The first-order valence-corrected chi connectivity index (χ1v) is 24.0. The molecule has 0 aliphatic carbocycles. The number of benzene rings is 8. The van der Waals surface area contributed by atoms with Gasteiger partial charge in [-0.1, -0.05) is 172 Å². The molecule has 0 unspecified atom stereocenters. The molecule has 11 rings (SSSR count). The summed E-state index contributed by atoms with van der Waals surface area (Å²) in [4.78, 5) is 10.8. The molecule has 0 amide bonds. The van der Waals surface area contributed by atoms with E-state index in [-0.39, 0.29) is 22.0 Å². The lowest BCUT2D eigenvalue weighted by molar-refractivity contribution is 0.446. The summed E-state index contributed by atoms with van der Waals surface area (Å²) in [5.41, 5.74) is 15.6. The molecule has 0 radical (unpaired) electrons. The first-order valence-electron chi connectivity index (χ1n) is 24.0. The maximum atomic E-state index is 12.7. The van der Waals surface area contributed by atoms with Gasteiger partial charge in [-0.05, 0) is 115 Å². The summed E-state index contributed by atoms with van der Waals surface area (Å²) < 4.78 is 9.31. The first-order chi connectivity index (χ1) is 33.0. The van der Waals surface area contributed by atoms with Crippen LogP contribution in [0.2, 0.25) is 0 Å². The van der Waals surface area contributed by atoms with Crippen LogP contribution in [0, 0.1) is 0 Å². The van der Waals surface area contributed by atoms with Crippen LogP contribution in [-0.4, -0.2) is 19.6 Å². The minimum atomic E-state index is -0.352. The Kier molecular flexibility index (Phi) is 10.3. The first kappa shape index (κ1) is 43.8. The summed E-state index contributed by atoms with van der Waals surface area (Å²) in [6.07, 6.45) is 1.90. The van der Waals surface area contributed by atoms with Gasteiger partial charge < -0.3 is 9.52 Å². The van der Waals surface area contributed by atoms with Gasteiger partial charge in [-0.25, -0.2) is 4.98 Å². The van der Waals surface area contributed by atoms with Crippen molar-refractivity contribution in [3.05, 3.63) is 193 Å². The zero-order valence-electron chi connectivity index (χ0n) is 40.9. The van der Waals surface area contributed by atoms with Gasteiger partial charge in [0.2, 0.25) is 0 Å². The monoisotopic (exact) mass is 899 g/mol. The lowest BCUT2D eigenvalue weighted by Crippen LogP contribution is -2.17. The second kappa shape index (κ2) is 16.2. The van der Waals surface area contributed by atoms with Crippen LogP contribution in [0.5, 0.6) is 5.75 Å². The van der Waals surface area contributed by atoms with Crippen molar-refractivity contribution in [2.45, 2.75) is 78.6 Å². The molecule has 0 aliphatic rings. The molecule has 3 aromatic heterocycles. The largest absolute Gasteiger partial charge is 0.507 e. The number of aromatic nitrogens is 3. The van der Waals surface area contributed by atoms with Gasteiger partial charge in [0.15, 0.2) is 0 Å². The minimum Gasteiger partial charge on any atom is -0.507 e. The highest BCUT2D eigenvalue weighted by molar-refractivity contribution is 6.16. The van der Waals surface area contributed by atoms with Crippen molar-refractivity contribution in [2.24, 2.45) is 0 Å². The molecular weight excluding hydrogens is 843 g/mol. The van der Waals surface area contributed by atoms with Crippen molar-refractivity contribution in [3.63, 3.8) is 0 Å². The van der Waals surface area contributed by atoms with E-state index in [2.05, 4.69) is 231 Å². The van der Waals surface area contributed by atoms with Crippen molar-refractivity contribution in [3.8, 4) is 67.5 Å². The molecule has 8 aromatic carbocycles. The smallest absolute Gasteiger partial charge is 0.149 e. The van der Waals surface area contributed by atoms with Crippen molar-refractivity contribution < 1.29 is 9.52 Å². The number of aromatic hydroxyl groups is 1. The molecule has 0 saturated heterocycles. The van der Waals surface area contributed by atoms with Crippen LogP contribution in [0.25, 0.3) is 105 Å². The van der Waals surface area contributed by atoms with Crippen molar-refractivity contribution in [1.82, 2.24) is 14.5 Å². The van der Waals surface area contributed by atoms with Gasteiger partial charge in [-0.3, -0.25) is 9.55 Å². The van der Waals surface area contributed by atoms with Gasteiger partial charge in [0, 0.05) is 44.8 Å². The predicted molar refractivity (Wildman–Crippen MR) is 289 cm³/mol. The van der Waals surface area contributed by atoms with Crippen LogP contribution in [0.15, 0.2) is 180 Å². The Bertz CT molecular complexity index is 3780. The summed E-state index contributed by atoms with van der Waals surface area (Å²) in [5.74, 6) is 0.895. The van der Waals surface area contributed by atoms with Gasteiger partial charge in [0.25, 0.3) is 0 Å². The van der Waals surface area contributed by atoms with E-state index >= 15 is 0 Å². The zero-order valence-corrected chi connectivity index (χ0v) is 40.9. The molecule has 340 valence electrons. The summed E-state index contributed by atoms with van der Waals surface area (Å²) in [7, 11) is 0. The van der Waals surface area contributed by atoms with Crippen LogP contribution in [0.1, 0.15) is 79.0 Å². The molecule has 0 atom stereocenters. The Morgan fingerprint density at radius 2 is 1.14 bits per heavy atom. The molecule has 1 N–H and O–H groups in total. The average molecular weight is 900 g/mol. The second-order valence-corrected chi connectivity index (χ2v) is 21.7. The fraction of sp³-hybridized carbons (Fsp3) is 0.188. The van der Waals surface area contributed by atoms with Crippen LogP contribution >= 0.6 is 0 Å². The summed E-state index contributed by atoms with van der Waals surface area (Å²) in [6.45, 7) is 20.0. The fourth-order valence-electron chi connectivity index (χ4n) is 9.91. The third-order valence-corrected chi connectivity index (χ3v) is 13.8. The van der Waals surface area contributed by atoms with E-state index in [0.717, 1.165) is 105 Å². The number of phenols is 1. The Morgan fingerprint density at radius 1 is 0.478 bits per heavy atom. The van der Waals surface area contributed by atoms with E-state index in [1.165, 1.54) is 5.56 Å². The predicted octanol–water partition coefficient (Wildman–Crippen LogP) is 17.4. The number of hydrogen-bond donors (Lipinski definition) is 1. The van der Waals surface area contributed by atoms with E-state index < -0.39 is 0 Å². The van der Waals surface area contributed by atoms with Crippen molar-refractivity contribution in [2.75, 3.05) is 0 Å². The van der Waals surface area contributed by atoms with Crippen LogP contribution < -0.4 is 0 Å². The Balaban J connectivity index is 1.26. The number of hydrogen-bond acceptors (Lipinski definition) is 4. The lowest BCUT2D eigenvalue weighted by atomic mass is 9.79. The van der Waals surface area contributed by atoms with Crippen molar-refractivity contribution >= 4 is 43.7 Å². The van der Waals surface area contributed by atoms with E-state index in [0.29, 0.717) is 11.4 Å².